The Kier molecular flexibility index (Phi) is 7.26. The first-order valence-electron chi connectivity index (χ1n) is 8.30. The van der Waals surface area contributed by atoms with Crippen LogP contribution in [0.15, 0.2) is 48.5 Å². The number of carbonyl (C=O) groups is 2. The molecule has 0 heterocycles. The van der Waals surface area contributed by atoms with Gasteiger partial charge in [-0.3, -0.25) is 9.59 Å². The lowest BCUT2D eigenvalue weighted by molar-refractivity contribution is -0.184. The van der Waals surface area contributed by atoms with Gasteiger partial charge in [-0.05, 0) is 48.2 Å². The topological polar surface area (TPSA) is 52.6 Å². The lowest BCUT2D eigenvalue weighted by Gasteiger charge is -2.14. The molecule has 0 fully saturated rings. The fourth-order valence-electron chi connectivity index (χ4n) is 2.31. The van der Waals surface area contributed by atoms with Gasteiger partial charge in [-0.25, -0.2) is 8.78 Å². The molecule has 0 bridgehead atoms. The first kappa shape index (κ1) is 19.6. The van der Waals surface area contributed by atoms with Crippen LogP contribution in [0.1, 0.15) is 30.9 Å². The van der Waals surface area contributed by atoms with Gasteiger partial charge in [0, 0.05) is 19.8 Å². The predicted molar refractivity (Wildman–Crippen MR) is 91.1 cm³/mol. The van der Waals surface area contributed by atoms with Crippen LogP contribution in [-0.4, -0.2) is 18.2 Å². The summed E-state index contributed by atoms with van der Waals surface area (Å²) in [5.74, 6) is -1.68. The van der Waals surface area contributed by atoms with Crippen molar-refractivity contribution in [2.45, 2.75) is 38.9 Å². The molecule has 0 radical (unpaired) electrons. The molecule has 2 aromatic carbocycles. The van der Waals surface area contributed by atoms with Crippen molar-refractivity contribution in [2.24, 2.45) is 0 Å². The molecular formula is C20H20F2O4. The molecule has 0 aromatic heterocycles. The molecule has 0 aliphatic rings. The molecule has 0 amide bonds. The van der Waals surface area contributed by atoms with E-state index in [-0.39, 0.29) is 24.5 Å². The molecule has 0 saturated carbocycles. The molecule has 0 spiro atoms. The quantitative estimate of drug-likeness (QED) is 0.527. The highest BCUT2D eigenvalue weighted by atomic mass is 19.1. The van der Waals surface area contributed by atoms with Crippen LogP contribution in [0.2, 0.25) is 0 Å². The highest BCUT2D eigenvalue weighted by Gasteiger charge is 2.14. The number of carbonyl (C=O) groups excluding carboxylic acids is 2. The molecule has 6 heteroatoms. The van der Waals surface area contributed by atoms with Crippen LogP contribution in [-0.2, 0) is 31.9 Å². The summed E-state index contributed by atoms with van der Waals surface area (Å²) in [5, 5.41) is 0. The van der Waals surface area contributed by atoms with Crippen LogP contribution < -0.4 is 0 Å². The van der Waals surface area contributed by atoms with Crippen LogP contribution in [0.4, 0.5) is 8.78 Å². The van der Waals surface area contributed by atoms with E-state index in [1.807, 2.05) is 0 Å². The molecule has 0 atom stereocenters. The molecule has 0 saturated heterocycles. The summed E-state index contributed by atoms with van der Waals surface area (Å²) in [6.45, 7) is 1.46. The average Bonchev–Trinajstić information content (AvgIpc) is 2.60. The SMILES string of the molecule is CC(OC(=O)CCc1ccc(F)cc1)OC(=O)CCc1ccc(F)cc1. The van der Waals surface area contributed by atoms with Crippen molar-refractivity contribution in [3.8, 4) is 0 Å². The highest BCUT2D eigenvalue weighted by Crippen LogP contribution is 2.09. The minimum Gasteiger partial charge on any atom is -0.425 e. The van der Waals surface area contributed by atoms with Gasteiger partial charge in [0.05, 0.1) is 0 Å². The van der Waals surface area contributed by atoms with Gasteiger partial charge in [-0.1, -0.05) is 24.3 Å². The molecule has 26 heavy (non-hydrogen) atoms. The van der Waals surface area contributed by atoms with E-state index in [0.29, 0.717) is 12.8 Å². The van der Waals surface area contributed by atoms with Gasteiger partial charge in [0.15, 0.2) is 0 Å². The maximum absolute atomic E-state index is 12.8. The number of hydrogen-bond donors (Lipinski definition) is 0. The van der Waals surface area contributed by atoms with Crippen molar-refractivity contribution < 1.29 is 27.8 Å². The van der Waals surface area contributed by atoms with Gasteiger partial charge < -0.3 is 9.47 Å². The molecular weight excluding hydrogens is 342 g/mol. The Balaban J connectivity index is 1.67. The summed E-state index contributed by atoms with van der Waals surface area (Å²) in [5.41, 5.74) is 1.62. The second kappa shape index (κ2) is 9.65. The van der Waals surface area contributed by atoms with E-state index in [1.165, 1.54) is 31.2 Å². The number of aryl methyl sites for hydroxylation is 2. The van der Waals surface area contributed by atoms with Gasteiger partial charge >= 0.3 is 11.9 Å². The number of ether oxygens (including phenoxy) is 2. The average molecular weight is 362 g/mol. The molecule has 0 aliphatic carbocycles. The van der Waals surface area contributed by atoms with E-state index >= 15 is 0 Å². The van der Waals surface area contributed by atoms with E-state index < -0.39 is 18.2 Å². The summed E-state index contributed by atoms with van der Waals surface area (Å²) in [6, 6.07) is 11.7. The number of hydrogen-bond acceptors (Lipinski definition) is 4. The molecule has 0 unspecified atom stereocenters. The Labute approximate surface area is 150 Å². The number of halogens is 2. The molecule has 0 aliphatic heterocycles. The number of benzene rings is 2. The molecule has 0 N–H and O–H groups in total. The van der Waals surface area contributed by atoms with Crippen molar-refractivity contribution in [2.75, 3.05) is 0 Å². The highest BCUT2D eigenvalue weighted by molar-refractivity contribution is 5.71. The van der Waals surface area contributed by atoms with Crippen LogP contribution in [0.3, 0.4) is 0 Å². The second-order valence-electron chi connectivity index (χ2n) is 5.80. The lowest BCUT2D eigenvalue weighted by Crippen LogP contribution is -2.22. The maximum atomic E-state index is 12.8. The van der Waals surface area contributed by atoms with Crippen molar-refractivity contribution in [3.63, 3.8) is 0 Å². The Morgan fingerprint density at radius 1 is 0.769 bits per heavy atom. The van der Waals surface area contributed by atoms with Gasteiger partial charge in [0.25, 0.3) is 0 Å². The van der Waals surface area contributed by atoms with Crippen LogP contribution in [0.25, 0.3) is 0 Å². The third-order valence-electron chi connectivity index (χ3n) is 3.66. The Hall–Kier alpha value is -2.76. The summed E-state index contributed by atoms with van der Waals surface area (Å²) in [6.07, 6.45) is 0.0254. The van der Waals surface area contributed by atoms with Crippen LogP contribution in [0.5, 0.6) is 0 Å². The zero-order chi connectivity index (χ0) is 18.9. The fourth-order valence-corrected chi connectivity index (χ4v) is 2.31. The predicted octanol–water partition coefficient (Wildman–Crippen LogP) is 3.96. The van der Waals surface area contributed by atoms with Crippen LogP contribution in [0, 0.1) is 11.6 Å². The second-order valence-corrected chi connectivity index (χ2v) is 5.80. The smallest absolute Gasteiger partial charge is 0.309 e. The summed E-state index contributed by atoms with van der Waals surface area (Å²) >= 11 is 0. The van der Waals surface area contributed by atoms with Gasteiger partial charge in [0.2, 0.25) is 6.29 Å². The maximum Gasteiger partial charge on any atom is 0.309 e. The number of esters is 2. The molecule has 2 aromatic rings. The van der Waals surface area contributed by atoms with E-state index in [9.17, 15) is 18.4 Å². The van der Waals surface area contributed by atoms with E-state index in [1.54, 1.807) is 24.3 Å². The van der Waals surface area contributed by atoms with Crippen LogP contribution >= 0.6 is 0 Å². The zero-order valence-corrected chi connectivity index (χ0v) is 14.4. The molecule has 138 valence electrons. The van der Waals surface area contributed by atoms with Gasteiger partial charge in [0.1, 0.15) is 11.6 Å². The Morgan fingerprint density at radius 3 is 1.46 bits per heavy atom. The van der Waals surface area contributed by atoms with Gasteiger partial charge in [-0.2, -0.15) is 0 Å². The minimum absolute atomic E-state index is 0.100. The number of rotatable bonds is 8. The Morgan fingerprint density at radius 2 is 1.12 bits per heavy atom. The third kappa shape index (κ3) is 7.01. The summed E-state index contributed by atoms with van der Waals surface area (Å²) in [7, 11) is 0. The van der Waals surface area contributed by atoms with Crippen molar-refractivity contribution >= 4 is 11.9 Å². The monoisotopic (exact) mass is 362 g/mol. The lowest BCUT2D eigenvalue weighted by atomic mass is 10.1. The molecule has 2 rings (SSSR count). The largest absolute Gasteiger partial charge is 0.425 e. The van der Waals surface area contributed by atoms with Crippen molar-refractivity contribution in [3.05, 3.63) is 71.3 Å². The molecule has 4 nitrogen and oxygen atoms in total. The van der Waals surface area contributed by atoms with Crippen molar-refractivity contribution in [1.82, 2.24) is 0 Å². The van der Waals surface area contributed by atoms with E-state index in [4.69, 9.17) is 9.47 Å². The zero-order valence-electron chi connectivity index (χ0n) is 14.4. The summed E-state index contributed by atoms with van der Waals surface area (Å²) in [4.78, 5) is 23.5. The third-order valence-corrected chi connectivity index (χ3v) is 3.66. The first-order valence-corrected chi connectivity index (χ1v) is 8.30. The summed E-state index contributed by atoms with van der Waals surface area (Å²) < 4.78 is 35.7. The fraction of sp³-hybridized carbons (Fsp3) is 0.300. The van der Waals surface area contributed by atoms with Gasteiger partial charge in [-0.15, -0.1) is 0 Å². The minimum atomic E-state index is -0.989. The van der Waals surface area contributed by atoms with E-state index in [2.05, 4.69) is 0 Å². The Bertz CT molecular complexity index is 663. The standard InChI is InChI=1S/C20H20F2O4/c1-14(25-19(23)12-6-15-2-8-17(21)9-3-15)26-20(24)13-7-16-4-10-18(22)11-5-16/h2-5,8-11,14H,6-7,12-13H2,1H3. The van der Waals surface area contributed by atoms with Crippen molar-refractivity contribution in [1.29, 1.82) is 0 Å². The first-order chi connectivity index (χ1) is 12.4. The van der Waals surface area contributed by atoms with E-state index in [0.717, 1.165) is 11.1 Å². The normalized spacial score (nSPS) is 10.6.